The Balaban J connectivity index is 1.50. The summed E-state index contributed by atoms with van der Waals surface area (Å²) < 4.78 is 20.0. The molecule has 8 heteroatoms. The zero-order valence-electron chi connectivity index (χ0n) is 16.9. The molecule has 0 bridgehead atoms. The van der Waals surface area contributed by atoms with Gasteiger partial charge in [-0.1, -0.05) is 12.1 Å². The normalized spacial score (nSPS) is 15.2. The molecule has 8 nitrogen and oxygen atoms in total. The number of aliphatic hydroxyl groups excluding tert-OH is 1. The summed E-state index contributed by atoms with van der Waals surface area (Å²) in [4.78, 5) is 13.2. The van der Waals surface area contributed by atoms with Gasteiger partial charge in [0.2, 0.25) is 0 Å². The van der Waals surface area contributed by atoms with Gasteiger partial charge in [-0.05, 0) is 36.4 Å². The van der Waals surface area contributed by atoms with Gasteiger partial charge < -0.3 is 23.9 Å². The average Bonchev–Trinajstić information content (AvgIpc) is 3.20. The van der Waals surface area contributed by atoms with Crippen LogP contribution in [0.1, 0.15) is 5.56 Å². The van der Waals surface area contributed by atoms with Crippen LogP contribution < -0.4 is 19.8 Å². The van der Waals surface area contributed by atoms with Gasteiger partial charge in [-0.2, -0.15) is 5.10 Å². The maximum atomic E-state index is 13.2. The summed E-state index contributed by atoms with van der Waals surface area (Å²) >= 11 is 0. The smallest absolute Gasteiger partial charge is 0.277 e. The Hall–Kier alpha value is -3.78. The van der Waals surface area contributed by atoms with E-state index in [0.717, 1.165) is 11.3 Å². The molecule has 0 spiro atoms. The third kappa shape index (κ3) is 3.40. The molecule has 1 N–H and O–H groups in total. The van der Waals surface area contributed by atoms with Crippen LogP contribution in [0.3, 0.4) is 0 Å². The number of nitrogens with zero attached hydrogens (tertiary/aromatic N) is 3. The van der Waals surface area contributed by atoms with E-state index in [2.05, 4.69) is 5.10 Å². The van der Waals surface area contributed by atoms with Crippen LogP contribution in [0, 0.1) is 0 Å². The maximum absolute atomic E-state index is 13.2. The zero-order valence-corrected chi connectivity index (χ0v) is 16.9. The number of aromatic nitrogens is 3. The molecule has 158 valence electrons. The third-order valence-corrected chi connectivity index (χ3v) is 5.35. The first kappa shape index (κ1) is 19.2. The van der Waals surface area contributed by atoms with E-state index in [1.807, 2.05) is 48.5 Å². The maximum Gasteiger partial charge on any atom is 0.277 e. The second-order valence-corrected chi connectivity index (χ2v) is 7.26. The molecular weight excluding hydrogens is 398 g/mol. The molecule has 0 fully saturated rings. The number of para-hydroxylation sites is 2. The van der Waals surface area contributed by atoms with Crippen molar-refractivity contribution in [1.29, 1.82) is 0 Å². The van der Waals surface area contributed by atoms with Crippen molar-refractivity contribution < 1.29 is 19.3 Å². The standard InChI is InChI=1S/C23H21N3O5/c1-29-16-8-6-15(7-9-16)21-18(13-27)22-23(28)25(10-11-26(22)24-21)12-17-14-30-19-4-2-3-5-20(19)31-17/h2-11,17,27H,12-14H2,1H3/t17-/m0/s1. The predicted molar refractivity (Wildman–Crippen MR) is 114 cm³/mol. The first-order valence-electron chi connectivity index (χ1n) is 9.92. The Bertz CT molecular complexity index is 1290. The lowest BCUT2D eigenvalue weighted by Gasteiger charge is -2.26. The van der Waals surface area contributed by atoms with Crippen LogP contribution >= 0.6 is 0 Å². The molecule has 0 aliphatic carbocycles. The van der Waals surface area contributed by atoms with Crippen LogP contribution in [0.15, 0.2) is 65.7 Å². The molecule has 0 saturated carbocycles. The van der Waals surface area contributed by atoms with Crippen molar-refractivity contribution in [3.63, 3.8) is 0 Å². The summed E-state index contributed by atoms with van der Waals surface area (Å²) in [5.41, 5.74) is 1.93. The van der Waals surface area contributed by atoms with Crippen molar-refractivity contribution in [3.05, 3.63) is 76.8 Å². The van der Waals surface area contributed by atoms with Crippen LogP contribution in [0.25, 0.3) is 16.8 Å². The molecule has 1 aliphatic heterocycles. The van der Waals surface area contributed by atoms with Crippen molar-refractivity contribution >= 4 is 5.52 Å². The van der Waals surface area contributed by atoms with E-state index in [1.165, 1.54) is 4.52 Å². The van der Waals surface area contributed by atoms with Crippen molar-refractivity contribution in [2.75, 3.05) is 13.7 Å². The van der Waals surface area contributed by atoms with E-state index in [-0.39, 0.29) is 18.3 Å². The fourth-order valence-electron chi connectivity index (χ4n) is 3.80. The van der Waals surface area contributed by atoms with E-state index in [0.29, 0.717) is 41.4 Å². The SMILES string of the molecule is COc1ccc(-c2nn3ccn(C[C@H]4COc5ccccc5O4)c(=O)c3c2CO)cc1. The molecule has 2 aromatic heterocycles. The number of rotatable bonds is 5. The lowest BCUT2D eigenvalue weighted by atomic mass is 10.1. The number of hydrogen-bond donors (Lipinski definition) is 1. The lowest BCUT2D eigenvalue weighted by Crippen LogP contribution is -2.36. The van der Waals surface area contributed by atoms with Gasteiger partial charge in [0, 0.05) is 23.5 Å². The second kappa shape index (κ2) is 7.81. The number of ether oxygens (including phenoxy) is 3. The Labute approximate surface area is 177 Å². The van der Waals surface area contributed by atoms with Crippen LogP contribution in [0.2, 0.25) is 0 Å². The Morgan fingerprint density at radius 3 is 2.65 bits per heavy atom. The van der Waals surface area contributed by atoms with E-state index < -0.39 is 0 Å². The number of aliphatic hydroxyl groups is 1. The first-order valence-corrected chi connectivity index (χ1v) is 9.92. The van der Waals surface area contributed by atoms with Gasteiger partial charge >= 0.3 is 0 Å². The fourth-order valence-corrected chi connectivity index (χ4v) is 3.80. The van der Waals surface area contributed by atoms with Crippen LogP contribution in [0.5, 0.6) is 17.2 Å². The topological polar surface area (TPSA) is 87.2 Å². The quantitative estimate of drug-likeness (QED) is 0.535. The molecule has 31 heavy (non-hydrogen) atoms. The summed E-state index contributed by atoms with van der Waals surface area (Å²) in [6.07, 6.45) is 3.07. The number of fused-ring (bicyclic) bond motifs is 2. The molecule has 4 aromatic rings. The fraction of sp³-hybridized carbons (Fsp3) is 0.217. The van der Waals surface area contributed by atoms with E-state index >= 15 is 0 Å². The molecule has 2 aromatic carbocycles. The molecule has 0 saturated heterocycles. The zero-order chi connectivity index (χ0) is 21.4. The average molecular weight is 419 g/mol. The van der Waals surface area contributed by atoms with Gasteiger partial charge in [0.15, 0.2) is 17.6 Å². The molecular formula is C23H21N3O5. The number of methoxy groups -OCH3 is 1. The molecule has 5 rings (SSSR count). The van der Waals surface area contributed by atoms with Gasteiger partial charge in [0.05, 0.1) is 26.0 Å². The molecule has 0 amide bonds. The summed E-state index contributed by atoms with van der Waals surface area (Å²) in [7, 11) is 1.60. The number of hydrogen-bond acceptors (Lipinski definition) is 6. The van der Waals surface area contributed by atoms with Crippen LogP contribution in [-0.2, 0) is 13.2 Å². The van der Waals surface area contributed by atoms with Gasteiger partial charge in [-0.25, -0.2) is 4.52 Å². The van der Waals surface area contributed by atoms with Crippen molar-refractivity contribution in [1.82, 2.24) is 14.2 Å². The van der Waals surface area contributed by atoms with Crippen molar-refractivity contribution in [2.45, 2.75) is 19.3 Å². The molecule has 3 heterocycles. The Kier molecular flexibility index (Phi) is 4.83. The molecule has 0 radical (unpaired) electrons. The minimum Gasteiger partial charge on any atom is -0.497 e. The van der Waals surface area contributed by atoms with Gasteiger partial charge in [-0.15, -0.1) is 0 Å². The highest BCUT2D eigenvalue weighted by molar-refractivity contribution is 5.72. The highest BCUT2D eigenvalue weighted by Crippen LogP contribution is 2.31. The minimum atomic E-state index is -0.309. The molecule has 1 atom stereocenters. The third-order valence-electron chi connectivity index (χ3n) is 5.35. The largest absolute Gasteiger partial charge is 0.497 e. The van der Waals surface area contributed by atoms with E-state index in [9.17, 15) is 9.90 Å². The second-order valence-electron chi connectivity index (χ2n) is 7.26. The Morgan fingerprint density at radius 1 is 1.13 bits per heavy atom. The van der Waals surface area contributed by atoms with Crippen LogP contribution in [-0.4, -0.2) is 39.1 Å². The van der Waals surface area contributed by atoms with Gasteiger partial charge in [0.25, 0.3) is 5.56 Å². The number of benzene rings is 2. The van der Waals surface area contributed by atoms with E-state index in [4.69, 9.17) is 14.2 Å². The lowest BCUT2D eigenvalue weighted by molar-refractivity contribution is 0.0778. The molecule has 1 aliphatic rings. The summed E-state index contributed by atoms with van der Waals surface area (Å²) in [5.74, 6) is 2.08. The first-order chi connectivity index (χ1) is 15.2. The summed E-state index contributed by atoms with van der Waals surface area (Å²) in [6.45, 7) is 0.357. The highest BCUT2D eigenvalue weighted by Gasteiger charge is 2.23. The van der Waals surface area contributed by atoms with Crippen LogP contribution in [0.4, 0.5) is 0 Å². The van der Waals surface area contributed by atoms with Gasteiger partial charge in [-0.3, -0.25) is 4.79 Å². The van der Waals surface area contributed by atoms with Gasteiger partial charge in [0.1, 0.15) is 17.9 Å². The predicted octanol–water partition coefficient (Wildman–Crippen LogP) is 2.50. The van der Waals surface area contributed by atoms with Crippen molar-refractivity contribution in [3.8, 4) is 28.5 Å². The van der Waals surface area contributed by atoms with E-state index in [1.54, 1.807) is 24.1 Å². The highest BCUT2D eigenvalue weighted by atomic mass is 16.6. The van der Waals surface area contributed by atoms with Crippen molar-refractivity contribution in [2.24, 2.45) is 0 Å². The molecule has 0 unspecified atom stereocenters. The minimum absolute atomic E-state index is 0.249. The monoisotopic (exact) mass is 419 g/mol. The Morgan fingerprint density at radius 2 is 1.90 bits per heavy atom. The summed E-state index contributed by atoms with van der Waals surface area (Å²) in [5, 5.41) is 14.6. The summed E-state index contributed by atoms with van der Waals surface area (Å²) in [6, 6.07) is 14.8.